The van der Waals surface area contributed by atoms with E-state index in [-0.39, 0.29) is 23.7 Å². The first-order chi connectivity index (χ1) is 7.55. The molecule has 0 N–H and O–H groups in total. The average molecular weight is 246 g/mol. The molecule has 0 spiro atoms. The van der Waals surface area contributed by atoms with Crippen molar-refractivity contribution in [2.75, 3.05) is 19.0 Å². The van der Waals surface area contributed by atoms with Gasteiger partial charge in [-0.1, -0.05) is 18.2 Å². The maximum absolute atomic E-state index is 13.2. The third kappa shape index (κ3) is 4.28. The topological polar surface area (TPSA) is 43.4 Å². The van der Waals surface area contributed by atoms with Gasteiger partial charge in [-0.2, -0.15) is 0 Å². The van der Waals surface area contributed by atoms with Crippen molar-refractivity contribution >= 4 is 9.84 Å². The van der Waals surface area contributed by atoms with E-state index in [1.807, 2.05) is 0 Å². The molecule has 16 heavy (non-hydrogen) atoms. The molecule has 0 saturated carbocycles. The van der Waals surface area contributed by atoms with Crippen molar-refractivity contribution in [3.63, 3.8) is 0 Å². The number of sulfone groups is 1. The van der Waals surface area contributed by atoms with Gasteiger partial charge in [0.25, 0.3) is 0 Å². The van der Waals surface area contributed by atoms with Gasteiger partial charge in [-0.15, -0.1) is 0 Å². The van der Waals surface area contributed by atoms with Crippen LogP contribution in [0.15, 0.2) is 24.3 Å². The lowest BCUT2D eigenvalue weighted by atomic mass is 10.2. The molecule has 0 aliphatic heterocycles. The highest BCUT2D eigenvalue weighted by atomic mass is 32.2. The van der Waals surface area contributed by atoms with Gasteiger partial charge >= 0.3 is 0 Å². The zero-order chi connectivity index (χ0) is 12.0. The van der Waals surface area contributed by atoms with E-state index in [4.69, 9.17) is 4.74 Å². The lowest BCUT2D eigenvalue weighted by Gasteiger charge is -2.05. The molecule has 1 aromatic carbocycles. The zero-order valence-corrected chi connectivity index (χ0v) is 9.97. The first kappa shape index (κ1) is 13.1. The molecule has 5 heteroatoms. The number of rotatable bonds is 6. The smallest absolute Gasteiger partial charge is 0.156 e. The fourth-order valence-corrected chi connectivity index (χ4v) is 2.48. The first-order valence-corrected chi connectivity index (χ1v) is 6.89. The Morgan fingerprint density at radius 1 is 1.31 bits per heavy atom. The highest BCUT2D eigenvalue weighted by Crippen LogP contribution is 2.11. The second-order valence-corrected chi connectivity index (χ2v) is 5.56. The van der Waals surface area contributed by atoms with Crippen LogP contribution in [0.1, 0.15) is 12.5 Å². The van der Waals surface area contributed by atoms with E-state index in [1.54, 1.807) is 13.0 Å². The highest BCUT2D eigenvalue weighted by Gasteiger charge is 2.14. The second-order valence-electron chi connectivity index (χ2n) is 3.38. The summed E-state index contributed by atoms with van der Waals surface area (Å²) in [5, 5.41) is 0. The van der Waals surface area contributed by atoms with Gasteiger partial charge in [0.2, 0.25) is 0 Å². The zero-order valence-electron chi connectivity index (χ0n) is 9.15. The maximum atomic E-state index is 13.2. The largest absolute Gasteiger partial charge is 0.381 e. The molecule has 3 nitrogen and oxygen atoms in total. The molecule has 0 amide bonds. The van der Waals surface area contributed by atoms with Crippen LogP contribution in [0.3, 0.4) is 0 Å². The minimum absolute atomic E-state index is 0.0742. The molecule has 0 aromatic heterocycles. The molecule has 0 saturated heterocycles. The Hall–Kier alpha value is -0.940. The fraction of sp³-hybridized carbons (Fsp3) is 0.455. The lowest BCUT2D eigenvalue weighted by molar-refractivity contribution is 0.163. The molecule has 0 radical (unpaired) electrons. The minimum Gasteiger partial charge on any atom is -0.381 e. The van der Waals surface area contributed by atoms with Crippen molar-refractivity contribution in [3.05, 3.63) is 35.6 Å². The average Bonchev–Trinajstić information content (AvgIpc) is 2.21. The van der Waals surface area contributed by atoms with E-state index in [0.29, 0.717) is 6.61 Å². The molecule has 0 heterocycles. The Bertz CT molecular complexity index is 429. The summed E-state index contributed by atoms with van der Waals surface area (Å²) in [4.78, 5) is 0. The number of ether oxygens (including phenoxy) is 1. The van der Waals surface area contributed by atoms with Crippen molar-refractivity contribution < 1.29 is 17.5 Å². The summed E-state index contributed by atoms with van der Waals surface area (Å²) < 4.78 is 41.3. The molecule has 90 valence electrons. The van der Waals surface area contributed by atoms with Gasteiger partial charge in [-0.25, -0.2) is 12.8 Å². The van der Waals surface area contributed by atoms with Crippen LogP contribution < -0.4 is 0 Å². The third-order valence-electron chi connectivity index (χ3n) is 2.08. The van der Waals surface area contributed by atoms with Gasteiger partial charge in [-0.05, 0) is 13.0 Å². The molecule has 0 fully saturated rings. The molecule has 0 aliphatic rings. The van der Waals surface area contributed by atoms with Crippen LogP contribution in [0.4, 0.5) is 4.39 Å². The van der Waals surface area contributed by atoms with E-state index in [1.165, 1.54) is 18.2 Å². The van der Waals surface area contributed by atoms with Gasteiger partial charge in [0, 0.05) is 12.2 Å². The van der Waals surface area contributed by atoms with E-state index >= 15 is 0 Å². The molecule has 0 bridgehead atoms. The van der Waals surface area contributed by atoms with Crippen LogP contribution in [0.2, 0.25) is 0 Å². The van der Waals surface area contributed by atoms with Crippen molar-refractivity contribution in [2.45, 2.75) is 12.7 Å². The molecule has 1 aromatic rings. The Balaban J connectivity index is 2.63. The number of halogens is 1. The molecule has 0 unspecified atom stereocenters. The summed E-state index contributed by atoms with van der Waals surface area (Å²) in [7, 11) is -3.29. The standard InChI is InChI=1S/C11H15FO3S/c1-2-15-7-8-16(13,14)9-10-5-3-4-6-11(10)12/h3-6H,2,7-9H2,1H3. The van der Waals surface area contributed by atoms with Gasteiger partial charge < -0.3 is 4.74 Å². The summed E-state index contributed by atoms with van der Waals surface area (Å²) in [5.74, 6) is -0.829. The molecular weight excluding hydrogens is 231 g/mol. The monoisotopic (exact) mass is 246 g/mol. The Labute approximate surface area is 95.2 Å². The SMILES string of the molecule is CCOCCS(=O)(=O)Cc1ccccc1F. The summed E-state index contributed by atoms with van der Waals surface area (Å²) >= 11 is 0. The number of hydrogen-bond donors (Lipinski definition) is 0. The quantitative estimate of drug-likeness (QED) is 0.719. The fourth-order valence-electron chi connectivity index (χ4n) is 1.25. The highest BCUT2D eigenvalue weighted by molar-refractivity contribution is 7.90. The van der Waals surface area contributed by atoms with E-state index < -0.39 is 15.7 Å². The number of benzene rings is 1. The van der Waals surface area contributed by atoms with Crippen molar-refractivity contribution in [1.29, 1.82) is 0 Å². The van der Waals surface area contributed by atoms with E-state index in [2.05, 4.69) is 0 Å². The van der Waals surface area contributed by atoms with Gasteiger partial charge in [0.05, 0.1) is 18.1 Å². The first-order valence-electron chi connectivity index (χ1n) is 5.07. The number of hydrogen-bond acceptors (Lipinski definition) is 3. The summed E-state index contributed by atoms with van der Waals surface area (Å²) in [6, 6.07) is 5.89. The van der Waals surface area contributed by atoms with Crippen LogP contribution in [-0.4, -0.2) is 27.4 Å². The summed E-state index contributed by atoms with van der Waals surface area (Å²) in [5.41, 5.74) is 0.207. The van der Waals surface area contributed by atoms with Crippen LogP contribution in [0.5, 0.6) is 0 Å². The Kier molecular flexibility index (Phi) is 4.89. The van der Waals surface area contributed by atoms with Crippen molar-refractivity contribution in [2.24, 2.45) is 0 Å². The maximum Gasteiger partial charge on any atom is 0.156 e. The Morgan fingerprint density at radius 2 is 2.00 bits per heavy atom. The van der Waals surface area contributed by atoms with Gasteiger partial charge in [0.1, 0.15) is 5.82 Å². The third-order valence-corrected chi connectivity index (χ3v) is 3.62. The molecule has 0 atom stereocenters. The van der Waals surface area contributed by atoms with Crippen molar-refractivity contribution in [3.8, 4) is 0 Å². The van der Waals surface area contributed by atoms with E-state index in [9.17, 15) is 12.8 Å². The van der Waals surface area contributed by atoms with Crippen molar-refractivity contribution in [1.82, 2.24) is 0 Å². The van der Waals surface area contributed by atoms with Crippen LogP contribution >= 0.6 is 0 Å². The predicted octanol–water partition coefficient (Wildman–Crippen LogP) is 1.78. The molecular formula is C11H15FO3S. The Morgan fingerprint density at radius 3 is 2.62 bits per heavy atom. The summed E-state index contributed by atoms with van der Waals surface area (Å²) in [6.07, 6.45) is 0. The molecule has 1 rings (SSSR count). The van der Waals surface area contributed by atoms with Gasteiger partial charge in [-0.3, -0.25) is 0 Å². The van der Waals surface area contributed by atoms with Crippen LogP contribution in [-0.2, 0) is 20.3 Å². The normalized spacial score (nSPS) is 11.6. The second kappa shape index (κ2) is 5.96. The lowest BCUT2D eigenvalue weighted by Crippen LogP contribution is -2.15. The van der Waals surface area contributed by atoms with E-state index in [0.717, 1.165) is 0 Å². The molecule has 0 aliphatic carbocycles. The minimum atomic E-state index is -3.29. The predicted molar refractivity (Wildman–Crippen MR) is 60.4 cm³/mol. The van der Waals surface area contributed by atoms with Crippen LogP contribution in [0, 0.1) is 5.82 Å². The summed E-state index contributed by atoms with van der Waals surface area (Å²) in [6.45, 7) is 2.44. The van der Waals surface area contributed by atoms with Crippen LogP contribution in [0.25, 0.3) is 0 Å². The van der Waals surface area contributed by atoms with Gasteiger partial charge in [0.15, 0.2) is 9.84 Å².